The molecule has 0 saturated carbocycles. The maximum atomic E-state index is 14.0. The van der Waals surface area contributed by atoms with Crippen molar-refractivity contribution in [3.63, 3.8) is 0 Å². The second-order valence-corrected chi connectivity index (χ2v) is 4.46. The number of H-pyrrole nitrogens is 1. The van der Waals surface area contributed by atoms with E-state index in [2.05, 4.69) is 20.5 Å². The van der Waals surface area contributed by atoms with Crippen molar-refractivity contribution in [2.45, 2.75) is 6.43 Å². The van der Waals surface area contributed by atoms with Gasteiger partial charge in [0.05, 0.1) is 16.6 Å². The Morgan fingerprint density at radius 1 is 1.23 bits per heavy atom. The number of halogens is 4. The number of rotatable bonds is 3. The fourth-order valence-electron chi connectivity index (χ4n) is 1.97. The second-order valence-electron chi connectivity index (χ2n) is 4.46. The lowest BCUT2D eigenvalue weighted by atomic mass is 10.2. The van der Waals surface area contributed by atoms with Crippen LogP contribution >= 0.6 is 0 Å². The summed E-state index contributed by atoms with van der Waals surface area (Å²) in [5.41, 5.74) is 4.61. The van der Waals surface area contributed by atoms with Gasteiger partial charge in [-0.3, -0.25) is 5.10 Å². The molecule has 1 aromatic carbocycles. The highest BCUT2D eigenvalue weighted by atomic mass is 19.3. The number of nitrogen functional groups attached to an aromatic ring is 1. The van der Waals surface area contributed by atoms with Gasteiger partial charge >= 0.3 is 0 Å². The van der Waals surface area contributed by atoms with Crippen molar-refractivity contribution in [3.05, 3.63) is 41.5 Å². The molecule has 4 N–H and O–H groups in total. The van der Waals surface area contributed by atoms with Crippen molar-refractivity contribution >= 4 is 28.4 Å². The lowest BCUT2D eigenvalue weighted by Crippen LogP contribution is -2.02. The fraction of sp³-hybridized carbons (Fsp3) is 0.0769. The van der Waals surface area contributed by atoms with E-state index in [0.717, 1.165) is 12.1 Å². The minimum absolute atomic E-state index is 0.0684. The Bertz CT molecular complexity index is 846. The van der Waals surface area contributed by atoms with Gasteiger partial charge in [-0.1, -0.05) is 12.1 Å². The van der Waals surface area contributed by atoms with Gasteiger partial charge in [0.1, 0.15) is 0 Å². The van der Waals surface area contributed by atoms with Gasteiger partial charge in [-0.15, -0.1) is 0 Å². The highest BCUT2D eigenvalue weighted by Crippen LogP contribution is 2.30. The van der Waals surface area contributed by atoms with Gasteiger partial charge in [0, 0.05) is 0 Å². The van der Waals surface area contributed by atoms with Crippen LogP contribution in [-0.2, 0) is 0 Å². The van der Waals surface area contributed by atoms with Gasteiger partial charge in [-0.2, -0.15) is 5.10 Å². The predicted octanol–water partition coefficient (Wildman–Crippen LogP) is 3.50. The van der Waals surface area contributed by atoms with Gasteiger partial charge in [0.25, 0.3) is 6.43 Å². The standard InChI is InChI=1S/C13H9F4N5/c14-7-4-6-11(18)21-22-12(6)20-13(7)19-8-3-1-2-5(9(8)15)10(16)17/h1-4,10H,(H4,18,19,20,21,22). The summed E-state index contributed by atoms with van der Waals surface area (Å²) in [5, 5.41) is 8.76. The number of fused-ring (bicyclic) bond motifs is 1. The molecule has 0 fully saturated rings. The van der Waals surface area contributed by atoms with Crippen LogP contribution in [0.2, 0.25) is 0 Å². The van der Waals surface area contributed by atoms with Crippen LogP contribution in [0, 0.1) is 11.6 Å². The number of alkyl halides is 2. The Hall–Kier alpha value is -2.84. The minimum atomic E-state index is -2.98. The van der Waals surface area contributed by atoms with Crippen LogP contribution in [-0.4, -0.2) is 15.2 Å². The normalized spacial score (nSPS) is 11.3. The number of nitrogens with one attached hydrogen (secondary N) is 2. The number of hydrogen-bond acceptors (Lipinski definition) is 4. The Kier molecular flexibility index (Phi) is 3.32. The third kappa shape index (κ3) is 2.30. The predicted molar refractivity (Wildman–Crippen MR) is 72.9 cm³/mol. The van der Waals surface area contributed by atoms with Crippen LogP contribution in [0.4, 0.5) is 34.9 Å². The molecule has 0 aliphatic rings. The molecule has 3 aromatic rings. The third-order valence-electron chi connectivity index (χ3n) is 3.05. The van der Waals surface area contributed by atoms with E-state index < -0.39 is 23.6 Å². The summed E-state index contributed by atoms with van der Waals surface area (Å²) in [6.07, 6.45) is -2.98. The Morgan fingerprint density at radius 2 is 2.00 bits per heavy atom. The number of pyridine rings is 1. The zero-order valence-corrected chi connectivity index (χ0v) is 10.9. The molecule has 0 unspecified atom stereocenters. The SMILES string of the molecule is Nc1n[nH]c2nc(Nc3cccc(C(F)F)c3F)c(F)cc12. The zero-order chi connectivity index (χ0) is 15.9. The lowest BCUT2D eigenvalue weighted by molar-refractivity contribution is 0.146. The fourth-order valence-corrected chi connectivity index (χ4v) is 1.97. The van der Waals surface area contributed by atoms with E-state index in [4.69, 9.17) is 5.73 Å². The zero-order valence-electron chi connectivity index (χ0n) is 10.9. The summed E-state index contributed by atoms with van der Waals surface area (Å²) in [6, 6.07) is 4.46. The van der Waals surface area contributed by atoms with Crippen LogP contribution in [0.1, 0.15) is 12.0 Å². The highest BCUT2D eigenvalue weighted by molar-refractivity contribution is 5.87. The minimum Gasteiger partial charge on any atom is -0.382 e. The Morgan fingerprint density at radius 3 is 2.73 bits per heavy atom. The lowest BCUT2D eigenvalue weighted by Gasteiger charge is -2.10. The third-order valence-corrected chi connectivity index (χ3v) is 3.05. The summed E-state index contributed by atoms with van der Waals surface area (Å²) < 4.78 is 53.2. The smallest absolute Gasteiger partial charge is 0.266 e. The summed E-state index contributed by atoms with van der Waals surface area (Å²) in [6.45, 7) is 0. The van der Waals surface area contributed by atoms with E-state index in [1.54, 1.807) is 0 Å². The molecule has 0 aliphatic carbocycles. The number of anilines is 3. The van der Waals surface area contributed by atoms with E-state index in [-0.39, 0.29) is 28.4 Å². The molecule has 0 aliphatic heterocycles. The van der Waals surface area contributed by atoms with Gasteiger partial charge in [0.15, 0.2) is 28.9 Å². The van der Waals surface area contributed by atoms with Gasteiger partial charge in [0.2, 0.25) is 0 Å². The summed E-state index contributed by atoms with van der Waals surface area (Å²) in [5.74, 6) is -2.24. The average Bonchev–Trinajstić information content (AvgIpc) is 2.82. The molecule has 0 spiro atoms. The van der Waals surface area contributed by atoms with Crippen LogP contribution in [0.3, 0.4) is 0 Å². The molecular formula is C13H9F4N5. The number of hydrogen-bond donors (Lipinski definition) is 3. The molecule has 2 heterocycles. The molecule has 0 atom stereocenters. The second kappa shape index (κ2) is 5.17. The van der Waals surface area contributed by atoms with Gasteiger partial charge in [-0.25, -0.2) is 22.5 Å². The van der Waals surface area contributed by atoms with E-state index in [9.17, 15) is 17.6 Å². The van der Waals surface area contributed by atoms with Crippen LogP contribution < -0.4 is 11.1 Å². The number of aromatic nitrogens is 3. The maximum Gasteiger partial charge on any atom is 0.266 e. The first-order chi connectivity index (χ1) is 10.5. The monoisotopic (exact) mass is 311 g/mol. The van der Waals surface area contributed by atoms with E-state index in [0.29, 0.717) is 0 Å². The molecule has 9 heteroatoms. The number of benzene rings is 1. The number of nitrogens with two attached hydrogens (primary N) is 1. The molecule has 0 amide bonds. The van der Waals surface area contributed by atoms with E-state index in [1.165, 1.54) is 12.1 Å². The molecule has 22 heavy (non-hydrogen) atoms. The molecule has 3 rings (SSSR count). The Balaban J connectivity index is 2.03. The largest absolute Gasteiger partial charge is 0.382 e. The first kappa shape index (κ1) is 14.1. The van der Waals surface area contributed by atoms with Crippen molar-refractivity contribution in [2.24, 2.45) is 0 Å². The van der Waals surface area contributed by atoms with Crippen molar-refractivity contribution in [2.75, 3.05) is 11.1 Å². The first-order valence-electron chi connectivity index (χ1n) is 6.11. The summed E-state index contributed by atoms with van der Waals surface area (Å²) >= 11 is 0. The molecule has 0 saturated heterocycles. The quantitative estimate of drug-likeness (QED) is 0.647. The number of aromatic amines is 1. The van der Waals surface area contributed by atoms with Crippen LogP contribution in [0.25, 0.3) is 11.0 Å². The molecular weight excluding hydrogens is 302 g/mol. The summed E-state index contributed by atoms with van der Waals surface area (Å²) in [7, 11) is 0. The van der Waals surface area contributed by atoms with Crippen LogP contribution in [0.15, 0.2) is 24.3 Å². The van der Waals surface area contributed by atoms with E-state index in [1.807, 2.05) is 0 Å². The molecule has 0 radical (unpaired) electrons. The van der Waals surface area contributed by atoms with Crippen molar-refractivity contribution in [1.82, 2.24) is 15.2 Å². The number of nitrogens with zero attached hydrogens (tertiary/aromatic N) is 2. The highest BCUT2D eigenvalue weighted by Gasteiger charge is 2.18. The topological polar surface area (TPSA) is 79.6 Å². The van der Waals surface area contributed by atoms with Gasteiger partial charge in [-0.05, 0) is 12.1 Å². The molecule has 5 nitrogen and oxygen atoms in total. The van der Waals surface area contributed by atoms with Crippen LogP contribution in [0.5, 0.6) is 0 Å². The van der Waals surface area contributed by atoms with Crippen molar-refractivity contribution in [1.29, 1.82) is 0 Å². The summed E-state index contributed by atoms with van der Waals surface area (Å²) in [4.78, 5) is 3.87. The average molecular weight is 311 g/mol. The first-order valence-corrected chi connectivity index (χ1v) is 6.11. The Labute approximate surface area is 121 Å². The van der Waals surface area contributed by atoms with Gasteiger partial charge < -0.3 is 11.1 Å². The molecule has 2 aromatic heterocycles. The maximum absolute atomic E-state index is 14.0. The van der Waals surface area contributed by atoms with Crippen molar-refractivity contribution in [3.8, 4) is 0 Å². The molecule has 0 bridgehead atoms. The van der Waals surface area contributed by atoms with Crippen molar-refractivity contribution < 1.29 is 17.6 Å². The van der Waals surface area contributed by atoms with E-state index >= 15 is 0 Å². The molecule has 114 valence electrons.